The van der Waals surface area contributed by atoms with Gasteiger partial charge in [-0.2, -0.15) is 0 Å². The average molecular weight is 200 g/mol. The molecule has 0 heterocycles. The third kappa shape index (κ3) is 2.96. The normalized spacial score (nSPS) is 16.7. The molecule has 0 aliphatic rings. The van der Waals surface area contributed by atoms with Crippen molar-refractivity contribution in [2.24, 2.45) is 11.7 Å². The van der Waals surface area contributed by atoms with Crippen molar-refractivity contribution >= 4 is 0 Å². The highest BCUT2D eigenvalue weighted by Crippen LogP contribution is 2.25. The molecule has 86 valence electrons. The number of hydrogen-bond donors (Lipinski definition) is 1. The Kier molecular flexibility index (Phi) is 5.68. The van der Waals surface area contributed by atoms with E-state index in [1.807, 2.05) is 0 Å². The minimum Gasteiger partial charge on any atom is -0.329 e. The molecule has 2 N–H and O–H groups in total. The fourth-order valence-corrected chi connectivity index (χ4v) is 2.03. The average Bonchev–Trinajstić information content (AvgIpc) is 2.12. The Bertz CT molecular complexity index is 154. The molecule has 0 radical (unpaired) electrons. The summed E-state index contributed by atoms with van der Waals surface area (Å²) in [5.41, 5.74) is 6.08. The van der Waals surface area contributed by atoms with E-state index in [9.17, 15) is 0 Å². The number of nitrogens with zero attached hydrogens (tertiary/aromatic N) is 1. The summed E-state index contributed by atoms with van der Waals surface area (Å²) in [5.74, 6) is 0.599. The third-order valence-electron chi connectivity index (χ3n) is 3.40. The smallest absolute Gasteiger partial charge is 0.0329 e. The molecule has 2 heteroatoms. The number of rotatable bonds is 6. The van der Waals surface area contributed by atoms with E-state index in [0.717, 1.165) is 13.1 Å². The molecule has 0 spiro atoms. The van der Waals surface area contributed by atoms with Gasteiger partial charge < -0.3 is 5.73 Å². The van der Waals surface area contributed by atoms with Gasteiger partial charge in [0.1, 0.15) is 0 Å². The minimum atomic E-state index is 0.143. The van der Waals surface area contributed by atoms with Gasteiger partial charge in [0, 0.05) is 18.1 Å². The first-order valence-electron chi connectivity index (χ1n) is 5.87. The predicted molar refractivity (Wildman–Crippen MR) is 64.4 cm³/mol. The monoisotopic (exact) mass is 200 g/mol. The van der Waals surface area contributed by atoms with E-state index in [2.05, 4.69) is 46.4 Å². The molecule has 1 atom stereocenters. The molecule has 0 aromatic heterocycles. The molecule has 0 fully saturated rings. The van der Waals surface area contributed by atoms with Crippen molar-refractivity contribution in [2.75, 3.05) is 13.1 Å². The molecule has 0 aromatic rings. The SMILES string of the molecule is CCCN(C(C)C)C(C)(CN)C(C)C. The maximum Gasteiger partial charge on any atom is 0.0329 e. The van der Waals surface area contributed by atoms with Gasteiger partial charge in [0.05, 0.1) is 0 Å². The fraction of sp³-hybridized carbons (Fsp3) is 1.00. The van der Waals surface area contributed by atoms with Crippen LogP contribution in [0, 0.1) is 5.92 Å². The van der Waals surface area contributed by atoms with Gasteiger partial charge in [0.25, 0.3) is 0 Å². The van der Waals surface area contributed by atoms with Crippen LogP contribution in [0.25, 0.3) is 0 Å². The summed E-state index contributed by atoms with van der Waals surface area (Å²) in [6.07, 6.45) is 1.19. The van der Waals surface area contributed by atoms with E-state index < -0.39 is 0 Å². The lowest BCUT2D eigenvalue weighted by Crippen LogP contribution is -2.57. The van der Waals surface area contributed by atoms with Gasteiger partial charge in [0.15, 0.2) is 0 Å². The second-order valence-corrected chi connectivity index (χ2v) is 5.00. The first-order valence-corrected chi connectivity index (χ1v) is 5.87. The highest BCUT2D eigenvalue weighted by atomic mass is 15.2. The lowest BCUT2D eigenvalue weighted by atomic mass is 9.85. The summed E-state index contributed by atoms with van der Waals surface area (Å²) in [6, 6.07) is 0.575. The van der Waals surface area contributed by atoms with Crippen molar-refractivity contribution in [3.05, 3.63) is 0 Å². The summed E-state index contributed by atoms with van der Waals surface area (Å²) in [4.78, 5) is 2.54. The summed E-state index contributed by atoms with van der Waals surface area (Å²) in [6.45, 7) is 15.4. The first kappa shape index (κ1) is 13.9. The first-order chi connectivity index (χ1) is 6.40. The second-order valence-electron chi connectivity index (χ2n) is 5.00. The molecule has 0 saturated heterocycles. The molecule has 0 rings (SSSR count). The third-order valence-corrected chi connectivity index (χ3v) is 3.40. The van der Waals surface area contributed by atoms with E-state index in [0.29, 0.717) is 12.0 Å². The summed E-state index contributed by atoms with van der Waals surface area (Å²) in [5, 5.41) is 0. The zero-order chi connectivity index (χ0) is 11.4. The maximum atomic E-state index is 5.94. The van der Waals surface area contributed by atoms with Gasteiger partial charge in [-0.1, -0.05) is 20.8 Å². The Morgan fingerprint density at radius 3 is 1.93 bits per heavy atom. The van der Waals surface area contributed by atoms with Gasteiger partial charge in [-0.25, -0.2) is 0 Å². The lowest BCUT2D eigenvalue weighted by molar-refractivity contribution is 0.0386. The van der Waals surface area contributed by atoms with Crippen LogP contribution in [0.2, 0.25) is 0 Å². The summed E-state index contributed by atoms with van der Waals surface area (Å²) >= 11 is 0. The van der Waals surface area contributed by atoms with Gasteiger partial charge in [0.2, 0.25) is 0 Å². The van der Waals surface area contributed by atoms with Crippen LogP contribution in [0.15, 0.2) is 0 Å². The Hall–Kier alpha value is -0.0800. The maximum absolute atomic E-state index is 5.94. The highest BCUT2D eigenvalue weighted by molar-refractivity contribution is 4.91. The second kappa shape index (κ2) is 5.72. The van der Waals surface area contributed by atoms with Crippen molar-refractivity contribution in [3.8, 4) is 0 Å². The van der Waals surface area contributed by atoms with E-state index in [4.69, 9.17) is 5.73 Å². The predicted octanol–water partition coefficient (Wildman–Crippen LogP) is 2.48. The Morgan fingerprint density at radius 1 is 1.21 bits per heavy atom. The quantitative estimate of drug-likeness (QED) is 0.714. The van der Waals surface area contributed by atoms with Crippen LogP contribution in [-0.2, 0) is 0 Å². The zero-order valence-corrected chi connectivity index (χ0v) is 10.8. The summed E-state index contributed by atoms with van der Waals surface area (Å²) in [7, 11) is 0. The van der Waals surface area contributed by atoms with Crippen LogP contribution >= 0.6 is 0 Å². The fourth-order valence-electron chi connectivity index (χ4n) is 2.03. The zero-order valence-electron chi connectivity index (χ0n) is 10.8. The lowest BCUT2D eigenvalue weighted by Gasteiger charge is -2.46. The van der Waals surface area contributed by atoms with E-state index >= 15 is 0 Å². The topological polar surface area (TPSA) is 29.3 Å². The van der Waals surface area contributed by atoms with Crippen molar-refractivity contribution in [1.29, 1.82) is 0 Å². The molecule has 14 heavy (non-hydrogen) atoms. The van der Waals surface area contributed by atoms with Crippen LogP contribution in [0.5, 0.6) is 0 Å². The molecule has 0 aromatic carbocycles. The Morgan fingerprint density at radius 2 is 1.71 bits per heavy atom. The van der Waals surface area contributed by atoms with Crippen LogP contribution < -0.4 is 5.73 Å². The van der Waals surface area contributed by atoms with Crippen LogP contribution in [0.4, 0.5) is 0 Å². The van der Waals surface area contributed by atoms with Crippen LogP contribution in [0.3, 0.4) is 0 Å². The molecular weight excluding hydrogens is 172 g/mol. The van der Waals surface area contributed by atoms with Crippen LogP contribution in [0.1, 0.15) is 48.0 Å². The van der Waals surface area contributed by atoms with Gasteiger partial charge >= 0.3 is 0 Å². The largest absolute Gasteiger partial charge is 0.329 e. The molecule has 2 nitrogen and oxygen atoms in total. The van der Waals surface area contributed by atoms with Crippen molar-refractivity contribution < 1.29 is 0 Å². The van der Waals surface area contributed by atoms with E-state index in [-0.39, 0.29) is 5.54 Å². The van der Waals surface area contributed by atoms with E-state index in [1.54, 1.807) is 0 Å². The van der Waals surface area contributed by atoms with Crippen molar-refractivity contribution in [2.45, 2.75) is 59.5 Å². The molecular formula is C12H28N2. The van der Waals surface area contributed by atoms with Gasteiger partial charge in [-0.05, 0) is 39.7 Å². The van der Waals surface area contributed by atoms with Crippen molar-refractivity contribution in [3.63, 3.8) is 0 Å². The van der Waals surface area contributed by atoms with Gasteiger partial charge in [-0.3, -0.25) is 4.90 Å². The standard InChI is InChI=1S/C12H28N2/c1-7-8-14(11(4)5)12(6,9-13)10(2)3/h10-11H,7-9,13H2,1-6H3. The number of nitrogens with two attached hydrogens (primary N) is 1. The molecule has 0 aliphatic carbocycles. The molecule has 0 aliphatic heterocycles. The minimum absolute atomic E-state index is 0.143. The summed E-state index contributed by atoms with van der Waals surface area (Å²) < 4.78 is 0. The van der Waals surface area contributed by atoms with Gasteiger partial charge in [-0.15, -0.1) is 0 Å². The number of hydrogen-bond acceptors (Lipinski definition) is 2. The molecule has 0 saturated carbocycles. The van der Waals surface area contributed by atoms with E-state index in [1.165, 1.54) is 6.42 Å². The molecule has 0 bridgehead atoms. The van der Waals surface area contributed by atoms with Crippen LogP contribution in [-0.4, -0.2) is 29.6 Å². The Balaban J connectivity index is 4.73. The van der Waals surface area contributed by atoms with Crippen molar-refractivity contribution in [1.82, 2.24) is 4.90 Å². The highest BCUT2D eigenvalue weighted by Gasteiger charge is 2.34. The molecule has 1 unspecified atom stereocenters. The molecule has 0 amide bonds. The Labute approximate surface area is 89.9 Å².